The number of ether oxygens (including phenoxy) is 2. The number of benzene rings is 2. The number of fused-ring (bicyclic) bond motifs is 1. The predicted molar refractivity (Wildman–Crippen MR) is 106 cm³/mol. The van der Waals surface area contributed by atoms with Crippen molar-refractivity contribution in [2.45, 2.75) is 32.8 Å². The van der Waals surface area contributed by atoms with E-state index in [1.165, 1.54) is 0 Å². The second kappa shape index (κ2) is 7.76. The van der Waals surface area contributed by atoms with E-state index in [1.54, 1.807) is 6.07 Å². The van der Waals surface area contributed by atoms with Crippen LogP contribution < -0.4 is 14.8 Å². The highest BCUT2D eigenvalue weighted by atomic mass is 16.5. The van der Waals surface area contributed by atoms with Gasteiger partial charge in [0.05, 0.1) is 24.4 Å². The molecule has 0 saturated carbocycles. The number of amides is 1. The Morgan fingerprint density at radius 2 is 2.11 bits per heavy atom. The molecule has 6 heteroatoms. The van der Waals surface area contributed by atoms with Gasteiger partial charge in [0.1, 0.15) is 17.6 Å². The molecule has 1 aliphatic heterocycles. The molecule has 6 nitrogen and oxygen atoms in total. The van der Waals surface area contributed by atoms with Crippen LogP contribution in [0.15, 0.2) is 53.1 Å². The first-order valence-electron chi connectivity index (χ1n) is 9.39. The third kappa shape index (κ3) is 3.86. The summed E-state index contributed by atoms with van der Waals surface area (Å²) in [4.78, 5) is 12.4. The van der Waals surface area contributed by atoms with Crippen LogP contribution in [0.25, 0.3) is 11.3 Å². The number of nitrogens with one attached hydrogen (secondary N) is 1. The number of carbonyl (C=O) groups excluding carboxylic acids is 1. The predicted octanol–water partition coefficient (Wildman–Crippen LogP) is 4.24. The first kappa shape index (κ1) is 18.1. The molecule has 0 radical (unpaired) electrons. The zero-order chi connectivity index (χ0) is 19.5. The zero-order valence-electron chi connectivity index (χ0n) is 15.9. The highest BCUT2D eigenvalue weighted by molar-refractivity contribution is 5.93. The quantitative estimate of drug-likeness (QED) is 0.694. The molecule has 1 aromatic heterocycles. The van der Waals surface area contributed by atoms with E-state index in [2.05, 4.69) is 23.5 Å². The lowest BCUT2D eigenvalue weighted by atomic mass is 10.1. The highest BCUT2D eigenvalue weighted by Crippen LogP contribution is 2.33. The molecule has 0 aliphatic carbocycles. The van der Waals surface area contributed by atoms with E-state index in [-0.39, 0.29) is 18.4 Å². The smallest absolute Gasteiger partial charge is 0.230 e. The minimum absolute atomic E-state index is 0.120. The maximum atomic E-state index is 12.4. The summed E-state index contributed by atoms with van der Waals surface area (Å²) in [5, 5.41) is 6.91. The molecule has 2 aromatic carbocycles. The van der Waals surface area contributed by atoms with Gasteiger partial charge in [0.15, 0.2) is 5.76 Å². The van der Waals surface area contributed by atoms with Crippen LogP contribution in [0.1, 0.15) is 25.1 Å². The van der Waals surface area contributed by atoms with Crippen LogP contribution in [-0.2, 0) is 17.6 Å². The Bertz CT molecular complexity index is 996. The number of carbonyl (C=O) groups is 1. The van der Waals surface area contributed by atoms with Crippen molar-refractivity contribution in [2.75, 3.05) is 11.9 Å². The summed E-state index contributed by atoms with van der Waals surface area (Å²) in [6.45, 7) is 4.49. The van der Waals surface area contributed by atoms with Gasteiger partial charge in [-0.2, -0.15) is 0 Å². The summed E-state index contributed by atoms with van der Waals surface area (Å²) >= 11 is 0. The van der Waals surface area contributed by atoms with Gasteiger partial charge in [0.25, 0.3) is 0 Å². The summed E-state index contributed by atoms with van der Waals surface area (Å²) in [6.07, 6.45) is 1.19. The SMILES string of the molecule is CCOc1ccccc1NC(=O)Cc1cc(-c2ccc3c(c2)CC(C)O3)on1. The van der Waals surface area contributed by atoms with Gasteiger partial charge in [-0.1, -0.05) is 17.3 Å². The van der Waals surface area contributed by atoms with Crippen molar-refractivity contribution in [1.29, 1.82) is 0 Å². The van der Waals surface area contributed by atoms with E-state index in [1.807, 2.05) is 43.3 Å². The molecule has 2 heterocycles. The molecule has 3 aromatic rings. The Hall–Kier alpha value is -3.28. The Balaban J connectivity index is 1.44. The van der Waals surface area contributed by atoms with Gasteiger partial charge >= 0.3 is 0 Å². The topological polar surface area (TPSA) is 73.6 Å². The number of aromatic nitrogens is 1. The fourth-order valence-electron chi connectivity index (χ4n) is 3.32. The fourth-order valence-corrected chi connectivity index (χ4v) is 3.32. The number of nitrogens with zero attached hydrogens (tertiary/aromatic N) is 1. The van der Waals surface area contributed by atoms with Crippen molar-refractivity contribution in [1.82, 2.24) is 5.16 Å². The molecule has 1 amide bonds. The Morgan fingerprint density at radius 3 is 2.96 bits per heavy atom. The standard InChI is InChI=1S/C22H22N2O4/c1-3-26-20-7-5-4-6-18(20)23-22(25)13-17-12-21(28-24-17)15-8-9-19-16(11-15)10-14(2)27-19/h4-9,11-12,14H,3,10,13H2,1-2H3,(H,23,25). The van der Waals surface area contributed by atoms with Crippen molar-refractivity contribution in [3.8, 4) is 22.8 Å². The third-order valence-electron chi connectivity index (χ3n) is 4.54. The van der Waals surface area contributed by atoms with Gasteiger partial charge in [-0.05, 0) is 49.7 Å². The lowest BCUT2D eigenvalue weighted by Crippen LogP contribution is -2.15. The van der Waals surface area contributed by atoms with Crippen LogP contribution in [0.2, 0.25) is 0 Å². The molecule has 0 spiro atoms. The minimum atomic E-state index is -0.178. The molecule has 0 fully saturated rings. The molecule has 0 bridgehead atoms. The lowest BCUT2D eigenvalue weighted by molar-refractivity contribution is -0.115. The average Bonchev–Trinajstić information content (AvgIpc) is 3.28. The molecule has 4 rings (SSSR count). The second-order valence-electron chi connectivity index (χ2n) is 6.79. The normalized spacial score (nSPS) is 15.0. The van der Waals surface area contributed by atoms with E-state index in [0.29, 0.717) is 29.5 Å². The van der Waals surface area contributed by atoms with E-state index >= 15 is 0 Å². The maximum absolute atomic E-state index is 12.4. The first-order valence-corrected chi connectivity index (χ1v) is 9.39. The van der Waals surface area contributed by atoms with E-state index in [9.17, 15) is 4.79 Å². The van der Waals surface area contributed by atoms with E-state index in [0.717, 1.165) is 23.3 Å². The number of hydrogen-bond acceptors (Lipinski definition) is 5. The molecule has 28 heavy (non-hydrogen) atoms. The van der Waals surface area contributed by atoms with Crippen LogP contribution in [-0.4, -0.2) is 23.8 Å². The molecule has 1 unspecified atom stereocenters. The lowest BCUT2D eigenvalue weighted by Gasteiger charge is -2.10. The second-order valence-corrected chi connectivity index (χ2v) is 6.79. The van der Waals surface area contributed by atoms with Crippen LogP contribution in [0, 0.1) is 0 Å². The summed E-state index contributed by atoms with van der Waals surface area (Å²) in [5.41, 5.74) is 3.31. The summed E-state index contributed by atoms with van der Waals surface area (Å²) in [6, 6.07) is 15.1. The molecule has 144 valence electrons. The highest BCUT2D eigenvalue weighted by Gasteiger charge is 2.20. The minimum Gasteiger partial charge on any atom is -0.492 e. The largest absolute Gasteiger partial charge is 0.492 e. The third-order valence-corrected chi connectivity index (χ3v) is 4.54. The molecular formula is C22H22N2O4. The summed E-state index contributed by atoms with van der Waals surface area (Å²) < 4.78 is 16.7. The van der Waals surface area contributed by atoms with Crippen LogP contribution >= 0.6 is 0 Å². The van der Waals surface area contributed by atoms with Gasteiger partial charge < -0.3 is 19.3 Å². The molecule has 1 aliphatic rings. The first-order chi connectivity index (χ1) is 13.6. The Morgan fingerprint density at radius 1 is 1.25 bits per heavy atom. The zero-order valence-corrected chi connectivity index (χ0v) is 15.9. The van der Waals surface area contributed by atoms with Crippen LogP contribution in [0.5, 0.6) is 11.5 Å². The summed E-state index contributed by atoms with van der Waals surface area (Å²) in [7, 11) is 0. The van der Waals surface area contributed by atoms with Crippen LogP contribution in [0.3, 0.4) is 0 Å². The van der Waals surface area contributed by atoms with Gasteiger partial charge in [0, 0.05) is 18.1 Å². The monoisotopic (exact) mass is 378 g/mol. The summed E-state index contributed by atoms with van der Waals surface area (Å²) in [5.74, 6) is 2.03. The van der Waals surface area contributed by atoms with Gasteiger partial charge in [-0.3, -0.25) is 4.79 Å². The number of para-hydroxylation sites is 2. The van der Waals surface area contributed by atoms with Crippen LogP contribution in [0.4, 0.5) is 5.69 Å². The average molecular weight is 378 g/mol. The molecule has 1 N–H and O–H groups in total. The Labute approximate surface area is 163 Å². The van der Waals surface area contributed by atoms with Crippen molar-refractivity contribution in [3.63, 3.8) is 0 Å². The molecule has 1 atom stereocenters. The number of anilines is 1. The van der Waals surface area contributed by atoms with Gasteiger partial charge in [0.2, 0.25) is 5.91 Å². The Kier molecular flexibility index (Phi) is 5.02. The van der Waals surface area contributed by atoms with Crippen molar-refractivity contribution < 1.29 is 18.8 Å². The van der Waals surface area contributed by atoms with Crippen molar-refractivity contribution in [3.05, 3.63) is 59.8 Å². The molecule has 0 saturated heterocycles. The van der Waals surface area contributed by atoms with Gasteiger partial charge in [-0.15, -0.1) is 0 Å². The van der Waals surface area contributed by atoms with Gasteiger partial charge in [-0.25, -0.2) is 0 Å². The number of hydrogen-bond donors (Lipinski definition) is 1. The van der Waals surface area contributed by atoms with Crippen molar-refractivity contribution in [2.24, 2.45) is 0 Å². The van der Waals surface area contributed by atoms with E-state index in [4.69, 9.17) is 14.0 Å². The molecular weight excluding hydrogens is 356 g/mol. The maximum Gasteiger partial charge on any atom is 0.230 e. The van der Waals surface area contributed by atoms with Crippen molar-refractivity contribution >= 4 is 11.6 Å². The number of rotatable bonds is 6. The van der Waals surface area contributed by atoms with E-state index < -0.39 is 0 Å². The fraction of sp³-hybridized carbons (Fsp3) is 0.273.